The second kappa shape index (κ2) is 4.71. The third-order valence-electron chi connectivity index (χ3n) is 5.18. The predicted molar refractivity (Wildman–Crippen MR) is 82.6 cm³/mol. The molecule has 2 heteroatoms. The third kappa shape index (κ3) is 1.79. The van der Waals surface area contributed by atoms with E-state index in [1.807, 2.05) is 6.20 Å². The van der Waals surface area contributed by atoms with E-state index in [0.717, 1.165) is 17.9 Å². The molecule has 2 saturated heterocycles. The van der Waals surface area contributed by atoms with E-state index in [9.17, 15) is 0 Å². The highest BCUT2D eigenvalue weighted by atomic mass is 15.2. The molecule has 0 N–H and O–H groups in total. The number of rotatable bonds is 3. The summed E-state index contributed by atoms with van der Waals surface area (Å²) < 4.78 is 0. The minimum absolute atomic E-state index is 0.696. The Kier molecular flexibility index (Phi) is 2.85. The first kappa shape index (κ1) is 12.1. The summed E-state index contributed by atoms with van der Waals surface area (Å²) in [7, 11) is 0. The first-order chi connectivity index (χ1) is 9.86. The van der Waals surface area contributed by atoms with Crippen LogP contribution in [0.25, 0.3) is 10.9 Å². The smallest absolute Gasteiger partial charge is 0.0704 e. The van der Waals surface area contributed by atoms with E-state index >= 15 is 0 Å². The fourth-order valence-corrected chi connectivity index (χ4v) is 4.16. The summed E-state index contributed by atoms with van der Waals surface area (Å²) in [6.07, 6.45) is 6.61. The second-order valence-electron chi connectivity index (χ2n) is 6.11. The van der Waals surface area contributed by atoms with Crippen molar-refractivity contribution in [2.24, 2.45) is 11.8 Å². The van der Waals surface area contributed by atoms with Crippen molar-refractivity contribution in [3.05, 3.63) is 54.7 Å². The molecule has 2 aromatic rings. The molecule has 20 heavy (non-hydrogen) atoms. The molecule has 1 aromatic carbocycles. The van der Waals surface area contributed by atoms with Crippen molar-refractivity contribution in [1.82, 2.24) is 9.88 Å². The Morgan fingerprint density at radius 2 is 2.20 bits per heavy atom. The van der Waals surface area contributed by atoms with Crippen LogP contribution in [-0.2, 0) is 6.42 Å². The average molecular weight is 264 g/mol. The minimum Gasteiger partial charge on any atom is -0.299 e. The molecular weight excluding hydrogens is 244 g/mol. The summed E-state index contributed by atoms with van der Waals surface area (Å²) in [5.41, 5.74) is 2.56. The Hall–Kier alpha value is -1.67. The summed E-state index contributed by atoms with van der Waals surface area (Å²) in [4.78, 5) is 7.13. The number of piperidine rings is 1. The van der Waals surface area contributed by atoms with Gasteiger partial charge in [0.25, 0.3) is 0 Å². The van der Waals surface area contributed by atoms with Gasteiger partial charge in [0.15, 0.2) is 0 Å². The molecule has 1 aromatic heterocycles. The van der Waals surface area contributed by atoms with Gasteiger partial charge in [-0.05, 0) is 48.9 Å². The van der Waals surface area contributed by atoms with Gasteiger partial charge in [0, 0.05) is 24.2 Å². The van der Waals surface area contributed by atoms with Crippen LogP contribution in [0.3, 0.4) is 0 Å². The Morgan fingerprint density at radius 3 is 3.05 bits per heavy atom. The lowest BCUT2D eigenvalue weighted by Gasteiger charge is -2.19. The zero-order valence-electron chi connectivity index (χ0n) is 11.7. The van der Waals surface area contributed by atoms with Crippen molar-refractivity contribution in [1.29, 1.82) is 0 Å². The Bertz CT molecular complexity index is 643. The van der Waals surface area contributed by atoms with Crippen LogP contribution in [0.2, 0.25) is 0 Å². The highest BCUT2D eigenvalue weighted by Gasteiger charge is 2.44. The van der Waals surface area contributed by atoms with E-state index in [1.54, 1.807) is 0 Å². The van der Waals surface area contributed by atoms with Crippen LogP contribution in [0.15, 0.2) is 49.2 Å². The fourth-order valence-electron chi connectivity index (χ4n) is 4.16. The normalized spacial score (nSPS) is 31.8. The van der Waals surface area contributed by atoms with Crippen LogP contribution in [0, 0.1) is 11.8 Å². The van der Waals surface area contributed by atoms with Crippen LogP contribution in [0.5, 0.6) is 0 Å². The van der Waals surface area contributed by atoms with E-state index in [1.165, 1.54) is 30.5 Å². The lowest BCUT2D eigenvalue weighted by Crippen LogP contribution is -2.28. The van der Waals surface area contributed by atoms with E-state index < -0.39 is 0 Å². The largest absolute Gasteiger partial charge is 0.299 e. The van der Waals surface area contributed by atoms with Crippen molar-refractivity contribution >= 4 is 10.9 Å². The molecule has 0 radical (unpaired) electrons. The second-order valence-corrected chi connectivity index (χ2v) is 6.11. The number of pyridine rings is 1. The van der Waals surface area contributed by atoms with Crippen molar-refractivity contribution in [3.8, 4) is 0 Å². The molecule has 2 nitrogen and oxygen atoms in total. The molecule has 4 atom stereocenters. The van der Waals surface area contributed by atoms with Gasteiger partial charge >= 0.3 is 0 Å². The van der Waals surface area contributed by atoms with Gasteiger partial charge in [-0.15, -0.1) is 6.58 Å². The first-order valence-corrected chi connectivity index (χ1v) is 7.56. The Morgan fingerprint density at radius 1 is 1.30 bits per heavy atom. The van der Waals surface area contributed by atoms with E-state index in [4.69, 9.17) is 0 Å². The molecule has 0 aliphatic carbocycles. The molecule has 2 fully saturated rings. The molecule has 2 aliphatic heterocycles. The Labute approximate surface area is 120 Å². The number of hydrogen-bond donors (Lipinski definition) is 0. The van der Waals surface area contributed by atoms with Crippen molar-refractivity contribution in [3.63, 3.8) is 0 Å². The number of hydrogen-bond acceptors (Lipinski definition) is 2. The fraction of sp³-hybridized carbons (Fsp3) is 0.389. The zero-order chi connectivity index (χ0) is 13.5. The van der Waals surface area contributed by atoms with Gasteiger partial charge in [-0.2, -0.15) is 0 Å². The summed E-state index contributed by atoms with van der Waals surface area (Å²) >= 11 is 0. The predicted octanol–water partition coefficient (Wildman–Crippen LogP) is 3.28. The molecular formula is C18H20N2. The van der Waals surface area contributed by atoms with Crippen LogP contribution in [-0.4, -0.2) is 29.0 Å². The molecule has 0 saturated carbocycles. The lowest BCUT2D eigenvalue weighted by atomic mass is 9.86. The average Bonchev–Trinajstić information content (AvgIpc) is 3.04. The summed E-state index contributed by atoms with van der Waals surface area (Å²) in [6.45, 7) is 6.49. The zero-order valence-corrected chi connectivity index (χ0v) is 11.7. The number of fused-ring (bicyclic) bond motifs is 3. The highest BCUT2D eigenvalue weighted by Crippen LogP contribution is 2.41. The standard InChI is InChI=1S/C18H20N2/c1-2-13-12-20-10-8-16(13)18(20)11-14-7-9-19-17-6-4-3-5-15(14)17/h2-7,9,13,16,18H,1,8,10-12H2. The molecule has 2 aliphatic rings. The van der Waals surface area contributed by atoms with E-state index in [0.29, 0.717) is 12.0 Å². The quantitative estimate of drug-likeness (QED) is 0.791. The van der Waals surface area contributed by atoms with Gasteiger partial charge in [-0.3, -0.25) is 9.88 Å². The summed E-state index contributed by atoms with van der Waals surface area (Å²) in [5, 5.41) is 1.32. The molecule has 0 amide bonds. The molecule has 4 rings (SSSR count). The maximum Gasteiger partial charge on any atom is 0.0704 e. The molecule has 3 heterocycles. The minimum atomic E-state index is 0.696. The van der Waals surface area contributed by atoms with Crippen LogP contribution in [0.4, 0.5) is 0 Å². The SMILES string of the molecule is C=CC1CN2CCC1C2Cc1ccnc2ccccc12. The molecule has 102 valence electrons. The Balaban J connectivity index is 1.67. The monoisotopic (exact) mass is 264 g/mol. The van der Waals surface area contributed by atoms with E-state index in [-0.39, 0.29) is 0 Å². The molecule has 0 spiro atoms. The van der Waals surface area contributed by atoms with Gasteiger partial charge in [-0.25, -0.2) is 0 Å². The number of benzene rings is 1. The number of nitrogens with zero attached hydrogens (tertiary/aromatic N) is 2. The van der Waals surface area contributed by atoms with Crippen LogP contribution < -0.4 is 0 Å². The summed E-state index contributed by atoms with van der Waals surface area (Å²) in [6, 6.07) is 11.4. The van der Waals surface area contributed by atoms with Crippen molar-refractivity contribution in [2.75, 3.05) is 13.1 Å². The maximum atomic E-state index is 4.47. The van der Waals surface area contributed by atoms with Crippen molar-refractivity contribution < 1.29 is 0 Å². The summed E-state index contributed by atoms with van der Waals surface area (Å²) in [5.74, 6) is 1.50. The number of aromatic nitrogens is 1. The van der Waals surface area contributed by atoms with Gasteiger partial charge in [0.1, 0.15) is 0 Å². The lowest BCUT2D eigenvalue weighted by molar-refractivity contribution is 0.292. The van der Waals surface area contributed by atoms with E-state index in [2.05, 4.69) is 52.9 Å². The van der Waals surface area contributed by atoms with Gasteiger partial charge < -0.3 is 0 Å². The van der Waals surface area contributed by atoms with Crippen LogP contribution >= 0.6 is 0 Å². The maximum absolute atomic E-state index is 4.47. The van der Waals surface area contributed by atoms with Crippen LogP contribution in [0.1, 0.15) is 12.0 Å². The van der Waals surface area contributed by atoms with Crippen molar-refractivity contribution in [2.45, 2.75) is 18.9 Å². The van der Waals surface area contributed by atoms with Gasteiger partial charge in [0.2, 0.25) is 0 Å². The van der Waals surface area contributed by atoms with Gasteiger partial charge in [0.05, 0.1) is 5.52 Å². The molecule has 4 unspecified atom stereocenters. The third-order valence-corrected chi connectivity index (χ3v) is 5.18. The number of para-hydroxylation sites is 1. The topological polar surface area (TPSA) is 16.1 Å². The highest BCUT2D eigenvalue weighted by molar-refractivity contribution is 5.81. The first-order valence-electron chi connectivity index (χ1n) is 7.56. The van der Waals surface area contributed by atoms with Gasteiger partial charge in [-0.1, -0.05) is 24.3 Å². The molecule has 2 bridgehead atoms.